The normalized spacial score (nSPS) is 11.6. The number of carbonyl (C=O) groups is 1. The molecular formula is C25H18F3N5O2. The molecule has 2 aromatic heterocycles. The van der Waals surface area contributed by atoms with Gasteiger partial charge in [0, 0.05) is 23.0 Å². The molecule has 3 N–H and O–H groups in total. The molecule has 0 radical (unpaired) electrons. The van der Waals surface area contributed by atoms with Gasteiger partial charge in [-0.2, -0.15) is 18.3 Å². The van der Waals surface area contributed by atoms with Crippen molar-refractivity contribution in [2.45, 2.75) is 12.7 Å². The van der Waals surface area contributed by atoms with Gasteiger partial charge in [0.05, 0.1) is 28.4 Å². The van der Waals surface area contributed by atoms with E-state index in [-0.39, 0.29) is 12.2 Å². The molecule has 3 aromatic carbocycles. The van der Waals surface area contributed by atoms with Crippen LogP contribution in [0.3, 0.4) is 0 Å². The van der Waals surface area contributed by atoms with Crippen LogP contribution in [0.2, 0.25) is 0 Å². The molecule has 35 heavy (non-hydrogen) atoms. The number of hydrogen-bond acceptors (Lipinski definition) is 4. The molecule has 0 saturated heterocycles. The molecule has 0 unspecified atom stereocenters. The third-order valence-corrected chi connectivity index (χ3v) is 5.51. The van der Waals surface area contributed by atoms with E-state index in [9.17, 15) is 22.8 Å². The minimum atomic E-state index is -4.53. The highest BCUT2D eigenvalue weighted by molar-refractivity contribution is 5.96. The summed E-state index contributed by atoms with van der Waals surface area (Å²) in [7, 11) is 0. The Hall–Kier alpha value is -4.60. The van der Waals surface area contributed by atoms with Crippen LogP contribution in [0.15, 0.2) is 83.9 Å². The summed E-state index contributed by atoms with van der Waals surface area (Å²) in [4.78, 5) is 25.8. The molecule has 1 amide bonds. The number of benzene rings is 3. The second kappa shape index (κ2) is 8.64. The van der Waals surface area contributed by atoms with E-state index in [4.69, 9.17) is 0 Å². The van der Waals surface area contributed by atoms with E-state index in [0.717, 1.165) is 28.7 Å². The number of halogens is 3. The summed E-state index contributed by atoms with van der Waals surface area (Å²) in [5.41, 5.74) is 0.904. The van der Waals surface area contributed by atoms with E-state index >= 15 is 0 Å². The quantitative estimate of drug-likeness (QED) is 0.321. The first kappa shape index (κ1) is 22.2. The molecule has 0 saturated carbocycles. The van der Waals surface area contributed by atoms with E-state index < -0.39 is 23.2 Å². The van der Waals surface area contributed by atoms with E-state index in [1.165, 1.54) is 22.9 Å². The maximum Gasteiger partial charge on any atom is 0.416 e. The van der Waals surface area contributed by atoms with Gasteiger partial charge in [-0.25, -0.2) is 0 Å². The molecule has 2 heterocycles. The molecule has 10 heteroatoms. The van der Waals surface area contributed by atoms with Crippen LogP contribution in [0.4, 0.5) is 30.2 Å². The Balaban J connectivity index is 1.42. The Bertz CT molecular complexity index is 1620. The highest BCUT2D eigenvalue weighted by Gasteiger charge is 2.30. The number of anilines is 3. The van der Waals surface area contributed by atoms with E-state index in [1.54, 1.807) is 24.4 Å². The van der Waals surface area contributed by atoms with Gasteiger partial charge in [-0.15, -0.1) is 0 Å². The highest BCUT2D eigenvalue weighted by atomic mass is 19.4. The third-order valence-electron chi connectivity index (χ3n) is 5.51. The first-order chi connectivity index (χ1) is 16.8. The summed E-state index contributed by atoms with van der Waals surface area (Å²) in [5, 5.41) is 14.5. The zero-order valence-corrected chi connectivity index (χ0v) is 18.1. The minimum absolute atomic E-state index is 0.00402. The number of nitrogens with one attached hydrogen (secondary N) is 3. The third kappa shape index (κ3) is 4.58. The van der Waals surface area contributed by atoms with Gasteiger partial charge in [-0.1, -0.05) is 18.2 Å². The Labute approximate surface area is 196 Å². The van der Waals surface area contributed by atoms with Crippen molar-refractivity contribution < 1.29 is 18.0 Å². The van der Waals surface area contributed by atoms with Crippen LogP contribution < -0.4 is 16.2 Å². The van der Waals surface area contributed by atoms with Crippen molar-refractivity contribution in [3.05, 3.63) is 95.0 Å². The zero-order chi connectivity index (χ0) is 24.6. The van der Waals surface area contributed by atoms with E-state index in [2.05, 4.69) is 20.8 Å². The van der Waals surface area contributed by atoms with Crippen LogP contribution in [0.25, 0.3) is 21.7 Å². The largest absolute Gasteiger partial charge is 0.416 e. The van der Waals surface area contributed by atoms with Crippen molar-refractivity contribution in [2.75, 3.05) is 10.6 Å². The van der Waals surface area contributed by atoms with Crippen LogP contribution in [0.1, 0.15) is 5.56 Å². The van der Waals surface area contributed by atoms with Crippen molar-refractivity contribution in [1.29, 1.82) is 0 Å². The molecule has 5 aromatic rings. The van der Waals surface area contributed by atoms with Crippen LogP contribution in [-0.2, 0) is 17.5 Å². The Kier molecular flexibility index (Phi) is 5.48. The number of rotatable bonds is 5. The predicted octanol–water partition coefficient (Wildman–Crippen LogP) is 5.28. The number of fused-ring (bicyclic) bond motifs is 2. The second-order valence-electron chi connectivity index (χ2n) is 7.94. The number of hydrogen-bond donors (Lipinski definition) is 3. The Morgan fingerprint density at radius 1 is 0.971 bits per heavy atom. The average Bonchev–Trinajstić information content (AvgIpc) is 3.28. The lowest BCUT2D eigenvalue weighted by molar-refractivity contribution is -0.137. The summed E-state index contributed by atoms with van der Waals surface area (Å²) >= 11 is 0. The molecule has 7 nitrogen and oxygen atoms in total. The molecule has 0 atom stereocenters. The van der Waals surface area contributed by atoms with Crippen LogP contribution in [0.5, 0.6) is 0 Å². The van der Waals surface area contributed by atoms with Gasteiger partial charge in [0.15, 0.2) is 0 Å². The number of aromatic amines is 1. The summed E-state index contributed by atoms with van der Waals surface area (Å²) < 4.78 is 40.0. The fraction of sp³-hybridized carbons (Fsp3) is 0.0800. The average molecular weight is 477 g/mol. The summed E-state index contributed by atoms with van der Waals surface area (Å²) in [6.07, 6.45) is -1.35. The lowest BCUT2D eigenvalue weighted by Gasteiger charge is -2.13. The van der Waals surface area contributed by atoms with Crippen LogP contribution in [-0.4, -0.2) is 20.7 Å². The topological polar surface area (TPSA) is 91.8 Å². The monoisotopic (exact) mass is 477 g/mol. The van der Waals surface area contributed by atoms with Crippen molar-refractivity contribution in [3.63, 3.8) is 0 Å². The summed E-state index contributed by atoms with van der Waals surface area (Å²) in [6, 6.07) is 17.0. The van der Waals surface area contributed by atoms with Gasteiger partial charge in [0.25, 0.3) is 5.56 Å². The number of pyridine rings is 1. The predicted molar refractivity (Wildman–Crippen MR) is 128 cm³/mol. The smallest absolute Gasteiger partial charge is 0.355 e. The Morgan fingerprint density at radius 2 is 1.80 bits per heavy atom. The lowest BCUT2D eigenvalue weighted by atomic mass is 10.1. The molecule has 0 fully saturated rings. The molecule has 0 aliphatic carbocycles. The fourth-order valence-electron chi connectivity index (χ4n) is 3.86. The van der Waals surface area contributed by atoms with Gasteiger partial charge >= 0.3 is 6.18 Å². The van der Waals surface area contributed by atoms with Crippen LogP contribution >= 0.6 is 0 Å². The molecule has 0 spiro atoms. The van der Waals surface area contributed by atoms with Crippen molar-refractivity contribution in [3.8, 4) is 0 Å². The zero-order valence-electron chi connectivity index (χ0n) is 18.1. The maximum absolute atomic E-state index is 13.3. The van der Waals surface area contributed by atoms with Gasteiger partial charge in [-0.3, -0.25) is 14.7 Å². The van der Waals surface area contributed by atoms with Crippen molar-refractivity contribution >= 4 is 44.6 Å². The summed E-state index contributed by atoms with van der Waals surface area (Å²) in [6.45, 7) is -0.361. The number of alkyl halides is 3. The number of nitrogens with zero attached hydrogens (tertiary/aromatic N) is 2. The van der Waals surface area contributed by atoms with Crippen LogP contribution in [0, 0.1) is 0 Å². The Morgan fingerprint density at radius 3 is 2.63 bits per heavy atom. The molecule has 0 bridgehead atoms. The van der Waals surface area contributed by atoms with Crippen molar-refractivity contribution in [1.82, 2.24) is 14.8 Å². The second-order valence-corrected chi connectivity index (χ2v) is 7.94. The molecular weight excluding hydrogens is 459 g/mol. The summed E-state index contributed by atoms with van der Waals surface area (Å²) in [5.74, 6) is -0.623. The lowest BCUT2D eigenvalue weighted by Crippen LogP contribution is -2.27. The fourth-order valence-corrected chi connectivity index (χ4v) is 3.86. The van der Waals surface area contributed by atoms with Gasteiger partial charge in [0.2, 0.25) is 5.91 Å². The van der Waals surface area contributed by atoms with E-state index in [0.29, 0.717) is 16.5 Å². The number of aromatic nitrogens is 3. The highest BCUT2D eigenvalue weighted by Crippen LogP contribution is 2.30. The first-order valence-corrected chi connectivity index (χ1v) is 10.6. The van der Waals surface area contributed by atoms with Gasteiger partial charge in [0.1, 0.15) is 6.54 Å². The van der Waals surface area contributed by atoms with Crippen molar-refractivity contribution in [2.24, 2.45) is 0 Å². The van der Waals surface area contributed by atoms with Gasteiger partial charge < -0.3 is 15.2 Å². The number of carbonyl (C=O) groups excluding carboxylic acids is 1. The molecule has 176 valence electrons. The van der Waals surface area contributed by atoms with E-state index in [1.807, 2.05) is 24.3 Å². The van der Waals surface area contributed by atoms with Gasteiger partial charge in [-0.05, 0) is 53.9 Å². The molecule has 0 aliphatic heterocycles. The SMILES string of the molecule is O=C(Cn1ccc2cccc(Nc3ccc4[nH]ncc4c3)c2c1=O)Nc1cccc(C(F)(F)F)c1. The standard InChI is InChI=1S/C25H18F3N5O2/c26-25(27,28)17-4-2-5-18(12-17)31-22(34)14-33-10-9-15-3-1-6-21(23(15)24(33)35)30-19-7-8-20-16(11-19)13-29-32-20/h1-13,30H,14H2,(H,29,32)(H,31,34). The molecule has 5 rings (SSSR count). The minimum Gasteiger partial charge on any atom is -0.355 e. The number of H-pyrrole nitrogens is 1. The first-order valence-electron chi connectivity index (χ1n) is 10.6. The number of amides is 1. The molecule has 0 aliphatic rings. The maximum atomic E-state index is 13.3.